The van der Waals surface area contributed by atoms with Gasteiger partial charge in [-0.05, 0) is 49.4 Å². The molecule has 176 valence electrons. The predicted octanol–water partition coefficient (Wildman–Crippen LogP) is 4.36. The maximum absolute atomic E-state index is 13.7. The third kappa shape index (κ3) is 4.76. The Bertz CT molecular complexity index is 1270. The molecule has 0 spiro atoms. The molecule has 0 unspecified atom stereocenters. The van der Waals surface area contributed by atoms with Gasteiger partial charge in [0.2, 0.25) is 5.91 Å². The highest BCUT2D eigenvalue weighted by Gasteiger charge is 2.41. The summed E-state index contributed by atoms with van der Waals surface area (Å²) in [4.78, 5) is 37.0. The lowest BCUT2D eigenvalue weighted by Crippen LogP contribution is -2.20. The number of halogens is 3. The topological polar surface area (TPSA) is 102 Å². The van der Waals surface area contributed by atoms with Crippen molar-refractivity contribution < 1.29 is 32.3 Å². The van der Waals surface area contributed by atoms with E-state index in [1.807, 2.05) is 0 Å². The van der Waals surface area contributed by atoms with Crippen molar-refractivity contribution in [2.75, 3.05) is 23.0 Å². The number of esters is 1. The largest absolute Gasteiger partial charge is 0.462 e. The minimum absolute atomic E-state index is 0.0365. The van der Waals surface area contributed by atoms with Gasteiger partial charge < -0.3 is 15.4 Å². The number of thioether (sulfide) groups is 1. The number of nitrogens with one attached hydrogen (secondary N) is 2. The fraction of sp³-hybridized carbons (Fsp3) is 0.182. The zero-order valence-corrected chi connectivity index (χ0v) is 18.4. The number of alkyl halides is 3. The zero-order chi connectivity index (χ0) is 24.5. The number of carbonyl (C=O) groups excluding carboxylic acids is 3. The Kier molecular flexibility index (Phi) is 6.33. The van der Waals surface area contributed by atoms with E-state index in [1.165, 1.54) is 43.0 Å². The van der Waals surface area contributed by atoms with Gasteiger partial charge in [-0.25, -0.2) is 9.48 Å². The number of anilines is 2. The van der Waals surface area contributed by atoms with Gasteiger partial charge >= 0.3 is 12.1 Å². The molecule has 2 N–H and O–H groups in total. The molecule has 2 amide bonds. The van der Waals surface area contributed by atoms with Gasteiger partial charge in [0.15, 0.2) is 5.69 Å². The van der Waals surface area contributed by atoms with Crippen molar-refractivity contribution in [3.8, 4) is 5.69 Å². The lowest BCUT2D eigenvalue weighted by Gasteiger charge is -2.17. The minimum atomic E-state index is -4.86. The van der Waals surface area contributed by atoms with Crippen LogP contribution in [0.3, 0.4) is 0 Å². The fourth-order valence-corrected chi connectivity index (χ4v) is 4.08. The molecular weight excluding hydrogens is 473 g/mol. The van der Waals surface area contributed by atoms with Gasteiger partial charge in [0.1, 0.15) is 5.56 Å². The SMILES string of the molecule is CCOC(=O)c1cnn(-c2ccc(NC(=O)c3ccc4c(c3)NC(=O)CS4)cc2)c1C(F)(F)F. The summed E-state index contributed by atoms with van der Waals surface area (Å²) in [5, 5.41) is 9.07. The maximum atomic E-state index is 13.7. The van der Waals surface area contributed by atoms with Crippen LogP contribution >= 0.6 is 11.8 Å². The number of carbonyl (C=O) groups is 3. The molecule has 1 aliphatic heterocycles. The summed E-state index contributed by atoms with van der Waals surface area (Å²) in [5.74, 6) is -1.43. The molecule has 12 heteroatoms. The minimum Gasteiger partial charge on any atom is -0.462 e. The summed E-state index contributed by atoms with van der Waals surface area (Å²) in [6.45, 7) is 1.41. The number of ether oxygens (including phenoxy) is 1. The van der Waals surface area contributed by atoms with Crippen LogP contribution in [-0.4, -0.2) is 39.9 Å². The van der Waals surface area contributed by atoms with Crippen molar-refractivity contribution in [1.29, 1.82) is 0 Å². The number of aromatic nitrogens is 2. The second kappa shape index (κ2) is 9.21. The molecule has 8 nitrogen and oxygen atoms in total. The van der Waals surface area contributed by atoms with E-state index in [0.29, 0.717) is 27.4 Å². The summed E-state index contributed by atoms with van der Waals surface area (Å²) in [6.07, 6.45) is -4.05. The van der Waals surface area contributed by atoms with Crippen LogP contribution in [0.4, 0.5) is 24.5 Å². The highest BCUT2D eigenvalue weighted by Crippen LogP contribution is 2.34. The molecule has 2 heterocycles. The van der Waals surface area contributed by atoms with E-state index in [0.717, 1.165) is 11.1 Å². The number of benzene rings is 2. The summed E-state index contributed by atoms with van der Waals surface area (Å²) in [6, 6.07) is 10.4. The second-order valence-electron chi connectivity index (χ2n) is 7.09. The average molecular weight is 490 g/mol. The van der Waals surface area contributed by atoms with Crippen LogP contribution in [0.5, 0.6) is 0 Å². The van der Waals surface area contributed by atoms with Crippen LogP contribution in [0, 0.1) is 0 Å². The molecule has 4 rings (SSSR count). The number of rotatable bonds is 5. The lowest BCUT2D eigenvalue weighted by atomic mass is 10.1. The molecule has 0 aliphatic carbocycles. The van der Waals surface area contributed by atoms with Gasteiger partial charge in [-0.15, -0.1) is 11.8 Å². The molecule has 34 heavy (non-hydrogen) atoms. The molecule has 1 aliphatic rings. The van der Waals surface area contributed by atoms with Crippen LogP contribution in [0.15, 0.2) is 53.6 Å². The summed E-state index contributed by atoms with van der Waals surface area (Å²) >= 11 is 1.37. The van der Waals surface area contributed by atoms with Crippen molar-refractivity contribution in [2.24, 2.45) is 0 Å². The van der Waals surface area contributed by atoms with Gasteiger partial charge in [0.25, 0.3) is 5.91 Å². The van der Waals surface area contributed by atoms with Crippen LogP contribution in [0.1, 0.15) is 33.3 Å². The van der Waals surface area contributed by atoms with E-state index < -0.39 is 29.3 Å². The van der Waals surface area contributed by atoms with Crippen LogP contribution in [-0.2, 0) is 15.7 Å². The van der Waals surface area contributed by atoms with Gasteiger partial charge in [0, 0.05) is 16.1 Å². The highest BCUT2D eigenvalue weighted by atomic mass is 32.2. The first-order chi connectivity index (χ1) is 16.2. The molecule has 0 bridgehead atoms. The van der Waals surface area contributed by atoms with Crippen LogP contribution in [0.25, 0.3) is 5.69 Å². The van der Waals surface area contributed by atoms with Crippen molar-refractivity contribution in [3.05, 3.63) is 65.5 Å². The van der Waals surface area contributed by atoms with Crippen LogP contribution < -0.4 is 10.6 Å². The fourth-order valence-electron chi connectivity index (χ4n) is 3.29. The Morgan fingerprint density at radius 2 is 1.94 bits per heavy atom. The number of hydrogen-bond acceptors (Lipinski definition) is 6. The zero-order valence-electron chi connectivity index (χ0n) is 17.6. The summed E-state index contributed by atoms with van der Waals surface area (Å²) in [7, 11) is 0. The van der Waals surface area contributed by atoms with E-state index in [1.54, 1.807) is 18.2 Å². The molecule has 0 fully saturated rings. The second-order valence-corrected chi connectivity index (χ2v) is 8.10. The monoisotopic (exact) mass is 490 g/mol. The van der Waals surface area contributed by atoms with Crippen molar-refractivity contribution in [1.82, 2.24) is 9.78 Å². The lowest BCUT2D eigenvalue weighted by molar-refractivity contribution is -0.143. The predicted molar refractivity (Wildman–Crippen MR) is 118 cm³/mol. The quantitative estimate of drug-likeness (QED) is 0.515. The van der Waals surface area contributed by atoms with E-state index in [2.05, 4.69) is 15.7 Å². The standard InChI is InChI=1S/C22H17F3N4O4S/c1-2-33-21(32)15-10-26-29(19(15)22(23,24)25)14-6-4-13(5-7-14)27-20(31)12-3-8-17-16(9-12)28-18(30)11-34-17/h3-10H,2,11H2,1H3,(H,27,31)(H,28,30). The van der Waals surface area contributed by atoms with E-state index in [-0.39, 0.29) is 18.2 Å². The molecule has 2 aromatic carbocycles. The summed E-state index contributed by atoms with van der Waals surface area (Å²) in [5.41, 5.74) is -0.733. The molecule has 0 saturated carbocycles. The van der Waals surface area contributed by atoms with Gasteiger partial charge in [-0.3, -0.25) is 9.59 Å². The Hall–Kier alpha value is -3.80. The first kappa shape index (κ1) is 23.4. The Balaban J connectivity index is 1.55. The maximum Gasteiger partial charge on any atom is 0.434 e. The number of hydrogen-bond donors (Lipinski definition) is 2. The first-order valence-corrected chi connectivity index (χ1v) is 11.0. The van der Waals surface area contributed by atoms with E-state index >= 15 is 0 Å². The average Bonchev–Trinajstić information content (AvgIpc) is 3.25. The highest BCUT2D eigenvalue weighted by molar-refractivity contribution is 8.00. The smallest absolute Gasteiger partial charge is 0.434 e. The molecule has 0 saturated heterocycles. The number of nitrogens with zero attached hydrogens (tertiary/aromatic N) is 2. The normalized spacial score (nSPS) is 13.1. The van der Waals surface area contributed by atoms with E-state index in [4.69, 9.17) is 4.74 Å². The Morgan fingerprint density at radius 1 is 1.21 bits per heavy atom. The van der Waals surface area contributed by atoms with Gasteiger partial charge in [-0.1, -0.05) is 0 Å². The number of amides is 2. The molecule has 0 atom stereocenters. The number of fused-ring (bicyclic) bond motifs is 1. The third-order valence-electron chi connectivity index (χ3n) is 4.78. The summed E-state index contributed by atoms with van der Waals surface area (Å²) < 4.78 is 46.3. The Morgan fingerprint density at radius 3 is 2.62 bits per heavy atom. The third-order valence-corrected chi connectivity index (χ3v) is 5.85. The molecular formula is C22H17F3N4O4S. The van der Waals surface area contributed by atoms with Gasteiger partial charge in [0.05, 0.1) is 29.9 Å². The molecule has 3 aromatic rings. The Labute approximate surface area is 195 Å². The van der Waals surface area contributed by atoms with Crippen molar-refractivity contribution in [3.63, 3.8) is 0 Å². The molecule has 1 aromatic heterocycles. The van der Waals surface area contributed by atoms with Crippen molar-refractivity contribution >= 4 is 40.9 Å². The molecule has 0 radical (unpaired) electrons. The first-order valence-electron chi connectivity index (χ1n) is 9.98. The van der Waals surface area contributed by atoms with E-state index in [9.17, 15) is 27.6 Å². The van der Waals surface area contributed by atoms with Crippen LogP contribution in [0.2, 0.25) is 0 Å². The van der Waals surface area contributed by atoms with Crippen molar-refractivity contribution in [2.45, 2.75) is 18.0 Å². The van der Waals surface area contributed by atoms with Gasteiger partial charge in [-0.2, -0.15) is 18.3 Å².